The second-order valence-electron chi connectivity index (χ2n) is 9.02. The van der Waals surface area contributed by atoms with Gasteiger partial charge in [0.05, 0.1) is 17.3 Å². The first kappa shape index (κ1) is 30.0. The molecule has 0 aliphatic carbocycles. The van der Waals surface area contributed by atoms with Crippen LogP contribution in [0.15, 0.2) is 74.7 Å². The van der Waals surface area contributed by atoms with Crippen molar-refractivity contribution in [2.75, 3.05) is 6.61 Å². The highest BCUT2D eigenvalue weighted by molar-refractivity contribution is 9.10. The van der Waals surface area contributed by atoms with Gasteiger partial charge in [0.2, 0.25) is 0 Å². The van der Waals surface area contributed by atoms with Crippen LogP contribution in [0.1, 0.15) is 47.1 Å². The Labute approximate surface area is 251 Å². The van der Waals surface area contributed by atoms with Crippen LogP contribution in [0.25, 0.3) is 5.69 Å². The highest BCUT2D eigenvalue weighted by Crippen LogP contribution is 2.33. The van der Waals surface area contributed by atoms with Crippen molar-refractivity contribution in [3.05, 3.63) is 98.6 Å². The van der Waals surface area contributed by atoms with Gasteiger partial charge >= 0.3 is 11.9 Å². The summed E-state index contributed by atoms with van der Waals surface area (Å²) in [5, 5.41) is 4.40. The molecule has 0 radical (unpaired) electrons. The number of ether oxygens (including phenoxy) is 3. The maximum atomic E-state index is 12.6. The van der Waals surface area contributed by atoms with Crippen molar-refractivity contribution in [2.45, 2.75) is 40.4 Å². The van der Waals surface area contributed by atoms with E-state index >= 15 is 0 Å². The molecular weight excluding hydrogens is 614 g/mol. The van der Waals surface area contributed by atoms with E-state index in [1.165, 1.54) is 12.3 Å². The number of aryl methyl sites for hydroxylation is 2. The van der Waals surface area contributed by atoms with Gasteiger partial charge in [-0.2, -0.15) is 5.10 Å². The zero-order chi connectivity index (χ0) is 29.5. The lowest BCUT2D eigenvalue weighted by molar-refractivity contribution is -0.150. The zero-order valence-corrected chi connectivity index (χ0v) is 25.3. The number of rotatable bonds is 11. The van der Waals surface area contributed by atoms with Gasteiger partial charge in [-0.05, 0) is 104 Å². The Bertz CT molecular complexity index is 1540. The van der Waals surface area contributed by atoms with Crippen LogP contribution >= 0.6 is 27.5 Å². The Balaban J connectivity index is 1.35. The normalized spacial score (nSPS) is 11.9. The molecule has 9 nitrogen and oxygen atoms in total. The van der Waals surface area contributed by atoms with Crippen LogP contribution < -0.4 is 14.9 Å². The number of esters is 1. The Hall–Kier alpha value is -4.02. The van der Waals surface area contributed by atoms with E-state index in [4.69, 9.17) is 30.2 Å². The number of hydrogen-bond acceptors (Lipinski definition) is 7. The third-order valence-electron chi connectivity index (χ3n) is 5.95. The van der Waals surface area contributed by atoms with E-state index in [0.29, 0.717) is 32.3 Å². The molecule has 1 amide bonds. The van der Waals surface area contributed by atoms with Gasteiger partial charge in [-0.1, -0.05) is 11.6 Å². The molecule has 4 rings (SSSR count). The summed E-state index contributed by atoms with van der Waals surface area (Å²) in [6, 6.07) is 18.3. The van der Waals surface area contributed by atoms with E-state index in [9.17, 15) is 9.59 Å². The topological polar surface area (TPSA) is 104 Å². The lowest BCUT2D eigenvalue weighted by atomic mass is 10.2. The van der Waals surface area contributed by atoms with Crippen molar-refractivity contribution in [3.63, 3.8) is 0 Å². The molecule has 0 unspecified atom stereocenters. The van der Waals surface area contributed by atoms with Crippen LogP contribution in [0, 0.1) is 13.8 Å². The number of nitrogens with one attached hydrogen (secondary N) is 1. The van der Waals surface area contributed by atoms with Crippen LogP contribution in [0.3, 0.4) is 0 Å². The standard InChI is InChI=1S/C30H29BrClN3O6/c1-5-38-30(37)20(4)40-28-21(14-22(32)15-26(28)31)16-33-34-29(36)27-13-12-25(41-27)17-39-24-10-8-23(9-11-24)35-18(2)6-7-19(35)3/h6-16,20H,5,17H2,1-4H3,(H,34,36)/b33-16+/t20-/m0/s1. The van der Waals surface area contributed by atoms with Gasteiger partial charge in [0, 0.05) is 27.7 Å². The van der Waals surface area contributed by atoms with Gasteiger partial charge in [-0.15, -0.1) is 0 Å². The summed E-state index contributed by atoms with van der Waals surface area (Å²) in [5.41, 5.74) is 6.20. The fourth-order valence-electron chi connectivity index (χ4n) is 4.00. The maximum absolute atomic E-state index is 12.6. The summed E-state index contributed by atoms with van der Waals surface area (Å²) in [6.45, 7) is 7.78. The molecular formula is C30H29BrClN3O6. The molecule has 1 atom stereocenters. The average molecular weight is 643 g/mol. The Morgan fingerprint density at radius 1 is 1.10 bits per heavy atom. The quantitative estimate of drug-likeness (QED) is 0.110. The van der Waals surface area contributed by atoms with E-state index in [-0.39, 0.29) is 19.0 Å². The summed E-state index contributed by atoms with van der Waals surface area (Å²) in [5.74, 6) is 0.459. The molecule has 1 N–H and O–H groups in total. The summed E-state index contributed by atoms with van der Waals surface area (Å²) in [4.78, 5) is 24.6. The van der Waals surface area contributed by atoms with Crippen molar-refractivity contribution in [3.8, 4) is 17.2 Å². The first-order chi connectivity index (χ1) is 19.7. The predicted octanol–water partition coefficient (Wildman–Crippen LogP) is 6.78. The van der Waals surface area contributed by atoms with Gasteiger partial charge in [0.15, 0.2) is 11.9 Å². The van der Waals surface area contributed by atoms with Crippen molar-refractivity contribution < 1.29 is 28.2 Å². The number of hydrogen-bond donors (Lipinski definition) is 1. The minimum Gasteiger partial charge on any atom is -0.486 e. The number of hydrazone groups is 1. The third kappa shape index (κ3) is 7.59. The minimum absolute atomic E-state index is 0.0642. The fraction of sp³-hybridized carbons (Fsp3) is 0.233. The average Bonchev–Trinajstić information content (AvgIpc) is 3.55. The van der Waals surface area contributed by atoms with Gasteiger partial charge in [-0.25, -0.2) is 10.2 Å². The smallest absolute Gasteiger partial charge is 0.347 e. The van der Waals surface area contributed by atoms with E-state index in [1.54, 1.807) is 32.0 Å². The zero-order valence-electron chi connectivity index (χ0n) is 22.9. The van der Waals surface area contributed by atoms with E-state index in [1.807, 2.05) is 24.3 Å². The van der Waals surface area contributed by atoms with Crippen LogP contribution in [0.2, 0.25) is 5.02 Å². The van der Waals surface area contributed by atoms with Gasteiger partial charge in [0.25, 0.3) is 0 Å². The number of carbonyl (C=O) groups excluding carboxylic acids is 2. The van der Waals surface area contributed by atoms with Crippen LogP contribution in [-0.4, -0.2) is 35.4 Å². The van der Waals surface area contributed by atoms with Crippen LogP contribution in [-0.2, 0) is 16.1 Å². The number of halogens is 2. The molecule has 0 bridgehead atoms. The third-order valence-corrected chi connectivity index (χ3v) is 6.76. The number of benzene rings is 2. The fourth-order valence-corrected chi connectivity index (χ4v) is 4.93. The number of carbonyl (C=O) groups is 2. The molecule has 2 aromatic heterocycles. The Kier molecular flexibility index (Phi) is 9.91. The van der Waals surface area contributed by atoms with Gasteiger partial charge < -0.3 is 23.2 Å². The summed E-state index contributed by atoms with van der Waals surface area (Å²) < 4.78 is 24.9. The molecule has 2 aromatic carbocycles. The van der Waals surface area contributed by atoms with Crippen LogP contribution in [0.5, 0.6) is 11.5 Å². The molecule has 41 heavy (non-hydrogen) atoms. The molecule has 2 heterocycles. The second kappa shape index (κ2) is 13.6. The Morgan fingerprint density at radius 2 is 1.80 bits per heavy atom. The van der Waals surface area contributed by atoms with Crippen molar-refractivity contribution >= 4 is 45.6 Å². The first-order valence-electron chi connectivity index (χ1n) is 12.8. The molecule has 0 fully saturated rings. The number of furan rings is 1. The van der Waals surface area contributed by atoms with Crippen molar-refractivity contribution in [1.29, 1.82) is 0 Å². The maximum Gasteiger partial charge on any atom is 0.347 e. The van der Waals surface area contributed by atoms with Crippen molar-refractivity contribution in [1.82, 2.24) is 9.99 Å². The summed E-state index contributed by atoms with van der Waals surface area (Å²) in [6.07, 6.45) is 0.485. The number of nitrogens with zero attached hydrogens (tertiary/aromatic N) is 2. The molecule has 0 saturated heterocycles. The molecule has 214 valence electrons. The predicted molar refractivity (Wildman–Crippen MR) is 159 cm³/mol. The van der Waals surface area contributed by atoms with E-state index in [2.05, 4.69) is 57.0 Å². The molecule has 11 heteroatoms. The van der Waals surface area contributed by atoms with E-state index in [0.717, 1.165) is 17.1 Å². The molecule has 4 aromatic rings. The minimum atomic E-state index is -0.872. The van der Waals surface area contributed by atoms with Crippen molar-refractivity contribution in [2.24, 2.45) is 5.10 Å². The largest absolute Gasteiger partial charge is 0.486 e. The first-order valence-corrected chi connectivity index (χ1v) is 14.0. The van der Waals surface area contributed by atoms with Gasteiger partial charge in [0.1, 0.15) is 23.9 Å². The highest BCUT2D eigenvalue weighted by Gasteiger charge is 2.20. The molecule has 0 saturated carbocycles. The molecule has 0 aliphatic heterocycles. The monoisotopic (exact) mass is 641 g/mol. The van der Waals surface area contributed by atoms with E-state index < -0.39 is 18.0 Å². The SMILES string of the molecule is CCOC(=O)[C@H](C)Oc1c(Br)cc(Cl)cc1/C=N/NC(=O)c1ccc(COc2ccc(-n3c(C)ccc3C)cc2)o1. The van der Waals surface area contributed by atoms with Gasteiger partial charge in [-0.3, -0.25) is 4.79 Å². The molecule has 0 aliphatic rings. The highest BCUT2D eigenvalue weighted by atomic mass is 79.9. The molecule has 0 spiro atoms. The number of amides is 1. The summed E-state index contributed by atoms with van der Waals surface area (Å²) in [7, 11) is 0. The van der Waals surface area contributed by atoms with Crippen LogP contribution in [0.4, 0.5) is 0 Å². The Morgan fingerprint density at radius 3 is 2.49 bits per heavy atom. The number of aromatic nitrogens is 1. The lowest BCUT2D eigenvalue weighted by Gasteiger charge is -2.16. The lowest BCUT2D eigenvalue weighted by Crippen LogP contribution is -2.26. The second-order valence-corrected chi connectivity index (χ2v) is 10.3. The summed E-state index contributed by atoms with van der Waals surface area (Å²) >= 11 is 9.56.